The molecule has 0 aliphatic carbocycles. The summed E-state index contributed by atoms with van der Waals surface area (Å²) in [6, 6.07) is 9.33. The summed E-state index contributed by atoms with van der Waals surface area (Å²) >= 11 is 0. The van der Waals surface area contributed by atoms with Crippen molar-refractivity contribution in [3.63, 3.8) is 0 Å². The summed E-state index contributed by atoms with van der Waals surface area (Å²) in [5.41, 5.74) is 6.78. The van der Waals surface area contributed by atoms with E-state index in [1.54, 1.807) is 25.1 Å². The number of halogens is 2. The van der Waals surface area contributed by atoms with Gasteiger partial charge in [0, 0.05) is 11.6 Å². The van der Waals surface area contributed by atoms with Crippen LogP contribution in [0.1, 0.15) is 25.0 Å². The van der Waals surface area contributed by atoms with Gasteiger partial charge in [0.1, 0.15) is 11.9 Å². The molecule has 29 heavy (non-hydrogen) atoms. The summed E-state index contributed by atoms with van der Waals surface area (Å²) in [4.78, 5) is 11.8. The molecule has 0 amide bonds. The van der Waals surface area contributed by atoms with Crippen LogP contribution in [0.3, 0.4) is 0 Å². The molecular formula is C19H19F2N5O3. The summed E-state index contributed by atoms with van der Waals surface area (Å²) in [6.07, 6.45) is -0.713. The molecule has 0 bridgehead atoms. The van der Waals surface area contributed by atoms with Crippen LogP contribution in [-0.2, 0) is 11.3 Å². The fourth-order valence-electron chi connectivity index (χ4n) is 2.66. The summed E-state index contributed by atoms with van der Waals surface area (Å²) < 4.78 is 33.1. The van der Waals surface area contributed by atoms with Gasteiger partial charge in [0.2, 0.25) is 5.82 Å². The van der Waals surface area contributed by atoms with E-state index in [1.807, 2.05) is 0 Å². The average molecular weight is 403 g/mol. The summed E-state index contributed by atoms with van der Waals surface area (Å²) in [5, 5.41) is 20.5. The lowest BCUT2D eigenvalue weighted by molar-refractivity contribution is -0.137. The van der Waals surface area contributed by atoms with Gasteiger partial charge in [-0.05, 0) is 48.0 Å². The van der Waals surface area contributed by atoms with E-state index in [4.69, 9.17) is 15.6 Å². The molecule has 1 aromatic heterocycles. The van der Waals surface area contributed by atoms with Crippen molar-refractivity contribution in [1.82, 2.24) is 20.2 Å². The highest BCUT2D eigenvalue weighted by Gasteiger charge is 2.15. The number of carbonyl (C=O) groups is 1. The van der Waals surface area contributed by atoms with Crippen LogP contribution in [0.2, 0.25) is 0 Å². The Hall–Kier alpha value is -3.40. The molecule has 8 nitrogen and oxygen atoms in total. The number of nitrogens with zero attached hydrogens (tertiary/aromatic N) is 4. The van der Waals surface area contributed by atoms with Gasteiger partial charge in [-0.25, -0.2) is 8.78 Å². The van der Waals surface area contributed by atoms with Crippen LogP contribution in [0.4, 0.5) is 8.78 Å². The predicted molar refractivity (Wildman–Crippen MR) is 98.9 cm³/mol. The van der Waals surface area contributed by atoms with Gasteiger partial charge < -0.3 is 15.6 Å². The van der Waals surface area contributed by atoms with Crippen molar-refractivity contribution in [3.8, 4) is 17.1 Å². The number of benzene rings is 2. The van der Waals surface area contributed by atoms with Gasteiger partial charge in [0.05, 0.1) is 13.0 Å². The van der Waals surface area contributed by atoms with E-state index in [9.17, 15) is 13.6 Å². The van der Waals surface area contributed by atoms with Crippen LogP contribution < -0.4 is 10.5 Å². The number of hydrogen-bond donors (Lipinski definition) is 2. The summed E-state index contributed by atoms with van der Waals surface area (Å²) in [6.45, 7) is 1.80. The lowest BCUT2D eigenvalue weighted by Crippen LogP contribution is -2.30. The Balaban J connectivity index is 1.69. The number of nitrogens with two attached hydrogens (primary N) is 1. The SMILES string of the molecule is CC(Oc1ccc(-c2nnn(CC(N)CC(=O)O)n2)cc1F)c1ccc(F)cc1. The first-order valence-electron chi connectivity index (χ1n) is 8.79. The van der Waals surface area contributed by atoms with E-state index >= 15 is 0 Å². The van der Waals surface area contributed by atoms with E-state index < -0.39 is 23.9 Å². The van der Waals surface area contributed by atoms with Crippen molar-refractivity contribution < 1.29 is 23.4 Å². The first-order valence-corrected chi connectivity index (χ1v) is 8.79. The van der Waals surface area contributed by atoms with Crippen LogP contribution in [0.5, 0.6) is 5.75 Å². The Morgan fingerprint density at radius 1 is 1.24 bits per heavy atom. The smallest absolute Gasteiger partial charge is 0.304 e. The molecule has 0 aliphatic rings. The Labute approximate surface area is 164 Å². The molecule has 0 spiro atoms. The summed E-state index contributed by atoms with van der Waals surface area (Å²) in [5.74, 6) is -1.80. The van der Waals surface area contributed by atoms with E-state index in [0.717, 1.165) is 0 Å². The maximum Gasteiger partial charge on any atom is 0.304 e. The molecule has 2 atom stereocenters. The lowest BCUT2D eigenvalue weighted by atomic mass is 10.1. The molecule has 10 heteroatoms. The highest BCUT2D eigenvalue weighted by Crippen LogP contribution is 2.27. The number of ether oxygens (including phenoxy) is 1. The molecule has 152 valence electrons. The third kappa shape index (κ3) is 5.32. The van der Waals surface area contributed by atoms with Crippen molar-refractivity contribution in [2.24, 2.45) is 5.73 Å². The second-order valence-electron chi connectivity index (χ2n) is 6.48. The quantitative estimate of drug-likeness (QED) is 0.594. The third-order valence-electron chi connectivity index (χ3n) is 4.12. The molecule has 0 radical (unpaired) electrons. The maximum atomic E-state index is 14.5. The minimum atomic E-state index is -1.02. The van der Waals surface area contributed by atoms with Crippen molar-refractivity contribution in [2.75, 3.05) is 0 Å². The minimum Gasteiger partial charge on any atom is -0.483 e. The molecular weight excluding hydrogens is 384 g/mol. The second-order valence-corrected chi connectivity index (χ2v) is 6.48. The molecule has 3 N–H and O–H groups in total. The molecule has 3 rings (SSSR count). The van der Waals surface area contributed by atoms with E-state index in [-0.39, 0.29) is 30.4 Å². The first-order chi connectivity index (χ1) is 13.8. The van der Waals surface area contributed by atoms with Gasteiger partial charge in [-0.2, -0.15) is 4.80 Å². The highest BCUT2D eigenvalue weighted by molar-refractivity contribution is 5.67. The van der Waals surface area contributed by atoms with Crippen molar-refractivity contribution >= 4 is 5.97 Å². The van der Waals surface area contributed by atoms with Gasteiger partial charge in [-0.15, -0.1) is 10.2 Å². The van der Waals surface area contributed by atoms with E-state index in [0.29, 0.717) is 11.1 Å². The fraction of sp³-hybridized carbons (Fsp3) is 0.263. The van der Waals surface area contributed by atoms with Gasteiger partial charge in [0.15, 0.2) is 11.6 Å². The van der Waals surface area contributed by atoms with Gasteiger partial charge in [-0.1, -0.05) is 12.1 Å². The minimum absolute atomic E-state index is 0.0291. The van der Waals surface area contributed by atoms with Gasteiger partial charge in [0.25, 0.3) is 0 Å². The van der Waals surface area contributed by atoms with Crippen LogP contribution in [-0.4, -0.2) is 37.3 Å². The number of hydrogen-bond acceptors (Lipinski definition) is 6. The lowest BCUT2D eigenvalue weighted by Gasteiger charge is -2.15. The second kappa shape index (κ2) is 8.74. The molecule has 1 heterocycles. The number of rotatable bonds is 8. The van der Waals surface area contributed by atoms with Crippen molar-refractivity contribution in [2.45, 2.75) is 32.0 Å². The zero-order valence-electron chi connectivity index (χ0n) is 15.5. The van der Waals surface area contributed by atoms with E-state index in [2.05, 4.69) is 15.4 Å². The standard InChI is InChI=1S/C19H19F2N5O3/c1-11(12-2-5-14(20)6-3-12)29-17-7-4-13(8-16(17)21)19-23-25-26(24-19)10-15(22)9-18(27)28/h2-8,11,15H,9-10,22H2,1H3,(H,27,28). The number of tetrazole rings is 1. The highest BCUT2D eigenvalue weighted by atomic mass is 19.1. The number of carboxylic acids is 1. The maximum absolute atomic E-state index is 14.5. The Bertz CT molecular complexity index is 994. The van der Waals surface area contributed by atoms with Gasteiger partial charge >= 0.3 is 5.97 Å². The van der Waals surface area contributed by atoms with Crippen molar-refractivity contribution in [3.05, 3.63) is 59.7 Å². The predicted octanol–water partition coefficient (Wildman–Crippen LogP) is 2.56. The van der Waals surface area contributed by atoms with Crippen molar-refractivity contribution in [1.29, 1.82) is 0 Å². The monoisotopic (exact) mass is 403 g/mol. The first kappa shape index (κ1) is 20.3. The number of aromatic nitrogens is 4. The Kier molecular flexibility index (Phi) is 6.13. The topological polar surface area (TPSA) is 116 Å². The molecule has 2 aromatic carbocycles. The van der Waals surface area contributed by atoms with Crippen LogP contribution in [0, 0.1) is 11.6 Å². The van der Waals surface area contributed by atoms with Crippen LogP contribution >= 0.6 is 0 Å². The normalized spacial score (nSPS) is 13.1. The molecule has 3 aromatic rings. The molecule has 2 unspecified atom stereocenters. The third-order valence-corrected chi connectivity index (χ3v) is 4.12. The largest absolute Gasteiger partial charge is 0.483 e. The average Bonchev–Trinajstić information content (AvgIpc) is 3.11. The Morgan fingerprint density at radius 3 is 2.62 bits per heavy atom. The number of carboxylic acid groups (broad SMARTS) is 1. The van der Waals surface area contributed by atoms with Gasteiger partial charge in [-0.3, -0.25) is 4.79 Å². The molecule has 0 fully saturated rings. The molecule has 0 aliphatic heterocycles. The zero-order valence-corrected chi connectivity index (χ0v) is 15.5. The van der Waals surface area contributed by atoms with Crippen LogP contribution in [0.25, 0.3) is 11.4 Å². The summed E-state index contributed by atoms with van der Waals surface area (Å²) in [7, 11) is 0. The van der Waals surface area contributed by atoms with E-state index in [1.165, 1.54) is 29.1 Å². The zero-order chi connectivity index (χ0) is 21.0. The number of aliphatic carboxylic acids is 1. The van der Waals surface area contributed by atoms with Crippen LogP contribution in [0.15, 0.2) is 42.5 Å². The Morgan fingerprint density at radius 2 is 1.97 bits per heavy atom. The molecule has 0 saturated heterocycles. The molecule has 0 saturated carbocycles. The fourth-order valence-corrected chi connectivity index (χ4v) is 2.66.